The summed E-state index contributed by atoms with van der Waals surface area (Å²) in [5, 5.41) is 2.91. The molecule has 2 nitrogen and oxygen atoms in total. The zero-order valence-electron chi connectivity index (χ0n) is 9.60. The lowest BCUT2D eigenvalue weighted by molar-refractivity contribution is -0.123. The van der Waals surface area contributed by atoms with Crippen LogP contribution in [0.15, 0.2) is 22.7 Å². The van der Waals surface area contributed by atoms with Crippen molar-refractivity contribution in [2.75, 3.05) is 7.05 Å². The van der Waals surface area contributed by atoms with Crippen LogP contribution >= 0.6 is 15.9 Å². The van der Waals surface area contributed by atoms with E-state index in [0.29, 0.717) is 10.0 Å². The zero-order valence-corrected chi connectivity index (χ0v) is 11.2. The Kier molecular flexibility index (Phi) is 4.21. The maximum Gasteiger partial charge on any atom is 0.156 e. The number of benzene rings is 1. The molecule has 0 heterocycles. The number of nitrogens with one attached hydrogen (secondary N) is 1. The Morgan fingerprint density at radius 1 is 1.50 bits per heavy atom. The van der Waals surface area contributed by atoms with E-state index in [0.717, 1.165) is 0 Å². The average Bonchev–Trinajstić information content (AvgIpc) is 2.22. The Hall–Kier alpha value is -0.740. The van der Waals surface area contributed by atoms with Crippen molar-refractivity contribution in [1.29, 1.82) is 0 Å². The number of hydrogen-bond acceptors (Lipinski definition) is 2. The van der Waals surface area contributed by atoms with E-state index >= 15 is 0 Å². The Balaban J connectivity index is 2.85. The standard InChI is InChI=1S/C12H15BrFNO/c1-12(2,15-3)11(16)6-8-4-5-9(13)7-10(8)14/h4-5,7,15H,6H2,1-3H3. The molecule has 0 atom stereocenters. The molecule has 0 saturated carbocycles. The summed E-state index contributed by atoms with van der Waals surface area (Å²) in [5.74, 6) is -0.383. The summed E-state index contributed by atoms with van der Waals surface area (Å²) in [5.41, 5.74) is -0.198. The smallest absolute Gasteiger partial charge is 0.156 e. The van der Waals surface area contributed by atoms with Crippen molar-refractivity contribution in [3.05, 3.63) is 34.1 Å². The molecule has 0 amide bonds. The van der Waals surface area contributed by atoms with Crippen molar-refractivity contribution in [1.82, 2.24) is 5.32 Å². The second kappa shape index (κ2) is 5.06. The van der Waals surface area contributed by atoms with Gasteiger partial charge in [-0.1, -0.05) is 22.0 Å². The topological polar surface area (TPSA) is 29.1 Å². The number of carbonyl (C=O) groups excluding carboxylic acids is 1. The van der Waals surface area contributed by atoms with Gasteiger partial charge >= 0.3 is 0 Å². The fraction of sp³-hybridized carbons (Fsp3) is 0.417. The molecular formula is C12H15BrFNO. The third kappa shape index (κ3) is 3.12. The van der Waals surface area contributed by atoms with E-state index in [1.807, 2.05) is 0 Å². The second-order valence-electron chi connectivity index (χ2n) is 4.21. The fourth-order valence-electron chi connectivity index (χ4n) is 1.20. The zero-order chi connectivity index (χ0) is 12.3. The van der Waals surface area contributed by atoms with Crippen LogP contribution in [0.25, 0.3) is 0 Å². The molecule has 0 unspecified atom stereocenters. The van der Waals surface area contributed by atoms with Gasteiger partial charge in [-0.25, -0.2) is 4.39 Å². The molecule has 4 heteroatoms. The molecule has 0 saturated heterocycles. The molecule has 0 fully saturated rings. The molecule has 1 aromatic carbocycles. The Labute approximate surface area is 103 Å². The monoisotopic (exact) mass is 287 g/mol. The number of hydrogen-bond donors (Lipinski definition) is 1. The third-order valence-electron chi connectivity index (χ3n) is 2.69. The molecule has 1 rings (SSSR count). The van der Waals surface area contributed by atoms with Gasteiger partial charge in [-0.3, -0.25) is 4.79 Å². The number of Topliss-reactive ketones (excluding diaryl/α,β-unsaturated/α-hetero) is 1. The van der Waals surface area contributed by atoms with E-state index in [-0.39, 0.29) is 18.0 Å². The van der Waals surface area contributed by atoms with Crippen molar-refractivity contribution >= 4 is 21.7 Å². The SMILES string of the molecule is CNC(C)(C)C(=O)Cc1ccc(Br)cc1F. The number of likely N-dealkylation sites (N-methyl/N-ethyl adjacent to an activating group) is 1. The highest BCUT2D eigenvalue weighted by molar-refractivity contribution is 9.10. The van der Waals surface area contributed by atoms with Gasteiger partial charge < -0.3 is 5.32 Å². The minimum Gasteiger partial charge on any atom is -0.308 e. The Morgan fingerprint density at radius 3 is 2.62 bits per heavy atom. The van der Waals surface area contributed by atoms with Crippen molar-refractivity contribution in [2.24, 2.45) is 0 Å². The van der Waals surface area contributed by atoms with Crippen LogP contribution in [0.1, 0.15) is 19.4 Å². The summed E-state index contributed by atoms with van der Waals surface area (Å²) in [6.45, 7) is 3.57. The van der Waals surface area contributed by atoms with Gasteiger partial charge in [0.15, 0.2) is 5.78 Å². The predicted molar refractivity (Wildman–Crippen MR) is 65.9 cm³/mol. The molecule has 88 valence electrons. The van der Waals surface area contributed by atoms with Gasteiger partial charge in [0.05, 0.1) is 5.54 Å². The van der Waals surface area contributed by atoms with E-state index in [2.05, 4.69) is 21.2 Å². The number of carbonyl (C=O) groups is 1. The highest BCUT2D eigenvalue weighted by Gasteiger charge is 2.25. The summed E-state index contributed by atoms with van der Waals surface area (Å²) in [6, 6.07) is 4.73. The lowest BCUT2D eigenvalue weighted by Crippen LogP contribution is -2.45. The van der Waals surface area contributed by atoms with E-state index in [1.54, 1.807) is 33.0 Å². The molecular weight excluding hydrogens is 273 g/mol. The van der Waals surface area contributed by atoms with Crippen LogP contribution in [-0.4, -0.2) is 18.4 Å². The van der Waals surface area contributed by atoms with Crippen molar-refractivity contribution < 1.29 is 9.18 Å². The molecule has 0 aliphatic heterocycles. The number of ketones is 1. The number of rotatable bonds is 4. The molecule has 0 aliphatic rings. The third-order valence-corrected chi connectivity index (χ3v) is 3.18. The Morgan fingerprint density at radius 2 is 2.12 bits per heavy atom. The highest BCUT2D eigenvalue weighted by atomic mass is 79.9. The van der Waals surface area contributed by atoms with E-state index in [1.165, 1.54) is 6.07 Å². The second-order valence-corrected chi connectivity index (χ2v) is 5.13. The summed E-state index contributed by atoms with van der Waals surface area (Å²) in [7, 11) is 1.72. The molecule has 1 aromatic rings. The van der Waals surface area contributed by atoms with Crippen molar-refractivity contribution in [3.8, 4) is 0 Å². The normalized spacial score (nSPS) is 11.6. The first-order valence-corrected chi connectivity index (χ1v) is 5.82. The quantitative estimate of drug-likeness (QED) is 0.923. The average molecular weight is 288 g/mol. The molecule has 1 N–H and O–H groups in total. The van der Waals surface area contributed by atoms with Crippen LogP contribution in [0.2, 0.25) is 0 Å². The first-order valence-electron chi connectivity index (χ1n) is 5.03. The largest absolute Gasteiger partial charge is 0.308 e. The highest BCUT2D eigenvalue weighted by Crippen LogP contribution is 2.17. The van der Waals surface area contributed by atoms with Crippen molar-refractivity contribution in [3.63, 3.8) is 0 Å². The van der Waals surface area contributed by atoms with Crippen LogP contribution in [0.5, 0.6) is 0 Å². The van der Waals surface area contributed by atoms with E-state index in [9.17, 15) is 9.18 Å². The minimum atomic E-state index is -0.625. The fourth-order valence-corrected chi connectivity index (χ4v) is 1.53. The first-order chi connectivity index (χ1) is 7.36. The lowest BCUT2D eigenvalue weighted by atomic mass is 9.94. The van der Waals surface area contributed by atoms with Gasteiger partial charge in [0, 0.05) is 10.9 Å². The number of halogens is 2. The Bertz CT molecular complexity index is 404. The van der Waals surface area contributed by atoms with E-state index in [4.69, 9.17) is 0 Å². The van der Waals surface area contributed by atoms with Gasteiger partial charge in [-0.2, -0.15) is 0 Å². The van der Waals surface area contributed by atoms with Gasteiger partial charge in [0.2, 0.25) is 0 Å². The van der Waals surface area contributed by atoms with E-state index < -0.39 is 5.54 Å². The summed E-state index contributed by atoms with van der Waals surface area (Å²) < 4.78 is 14.2. The van der Waals surface area contributed by atoms with Gasteiger partial charge in [0.25, 0.3) is 0 Å². The lowest BCUT2D eigenvalue weighted by Gasteiger charge is -2.22. The molecule has 0 aliphatic carbocycles. The van der Waals surface area contributed by atoms with Crippen LogP contribution < -0.4 is 5.32 Å². The maximum atomic E-state index is 13.5. The minimum absolute atomic E-state index is 0.0313. The summed E-state index contributed by atoms with van der Waals surface area (Å²) in [4.78, 5) is 11.9. The summed E-state index contributed by atoms with van der Waals surface area (Å²) >= 11 is 3.18. The molecule has 16 heavy (non-hydrogen) atoms. The first kappa shape index (κ1) is 13.3. The maximum absolute atomic E-state index is 13.5. The van der Waals surface area contributed by atoms with Gasteiger partial charge in [-0.15, -0.1) is 0 Å². The molecule has 0 spiro atoms. The van der Waals surface area contributed by atoms with Gasteiger partial charge in [0.1, 0.15) is 5.82 Å². The van der Waals surface area contributed by atoms with Crippen molar-refractivity contribution in [2.45, 2.75) is 25.8 Å². The molecule has 0 bridgehead atoms. The van der Waals surface area contributed by atoms with Crippen LogP contribution in [-0.2, 0) is 11.2 Å². The predicted octanol–water partition coefficient (Wildman–Crippen LogP) is 2.70. The van der Waals surface area contributed by atoms with Crippen LogP contribution in [0.4, 0.5) is 4.39 Å². The van der Waals surface area contributed by atoms with Gasteiger partial charge in [-0.05, 0) is 38.6 Å². The summed E-state index contributed by atoms with van der Waals surface area (Å²) in [6.07, 6.45) is 0.104. The van der Waals surface area contributed by atoms with Crippen LogP contribution in [0, 0.1) is 5.82 Å². The van der Waals surface area contributed by atoms with Crippen LogP contribution in [0.3, 0.4) is 0 Å². The molecule has 0 aromatic heterocycles. The molecule has 0 radical (unpaired) electrons.